The van der Waals surface area contributed by atoms with E-state index in [0.717, 1.165) is 12.8 Å². The van der Waals surface area contributed by atoms with Crippen LogP contribution in [0.5, 0.6) is 0 Å². The summed E-state index contributed by atoms with van der Waals surface area (Å²) in [6, 6.07) is 2.06. The molecule has 0 saturated carbocycles. The van der Waals surface area contributed by atoms with Gasteiger partial charge in [0.25, 0.3) is 0 Å². The van der Waals surface area contributed by atoms with Gasteiger partial charge in [-0.15, -0.1) is 0 Å². The van der Waals surface area contributed by atoms with Crippen LogP contribution in [0.15, 0.2) is 0 Å². The first-order chi connectivity index (χ1) is 5.63. The lowest BCUT2D eigenvalue weighted by Crippen LogP contribution is -2.18. The summed E-state index contributed by atoms with van der Waals surface area (Å²) in [4.78, 5) is 11.4. The highest BCUT2D eigenvalue weighted by Gasteiger charge is 2.20. The van der Waals surface area contributed by atoms with Gasteiger partial charge in [-0.1, -0.05) is 27.2 Å². The van der Waals surface area contributed by atoms with E-state index < -0.39 is 5.92 Å². The average molecular weight is 167 g/mol. The number of rotatable bonds is 5. The number of ketones is 1. The van der Waals surface area contributed by atoms with Crippen LogP contribution in [0.2, 0.25) is 0 Å². The van der Waals surface area contributed by atoms with Gasteiger partial charge in [-0.3, -0.25) is 4.79 Å². The Hall–Kier alpha value is -0.840. The molecule has 0 aromatic rings. The van der Waals surface area contributed by atoms with Crippen LogP contribution in [0.4, 0.5) is 0 Å². The van der Waals surface area contributed by atoms with E-state index in [-0.39, 0.29) is 11.7 Å². The molecule has 0 aliphatic heterocycles. The molecule has 0 radical (unpaired) electrons. The fourth-order valence-electron chi connectivity index (χ4n) is 1.10. The Labute approximate surface area is 74.6 Å². The summed E-state index contributed by atoms with van der Waals surface area (Å²) in [6.07, 6.45) is 2.48. The molecule has 0 aliphatic rings. The summed E-state index contributed by atoms with van der Waals surface area (Å²) < 4.78 is 0. The van der Waals surface area contributed by atoms with Crippen molar-refractivity contribution in [1.82, 2.24) is 0 Å². The molecule has 2 heteroatoms. The smallest absolute Gasteiger partial charge is 0.150 e. The van der Waals surface area contributed by atoms with Gasteiger partial charge in [0, 0.05) is 6.42 Å². The third kappa shape index (κ3) is 3.52. The third-order valence-corrected chi connectivity index (χ3v) is 1.93. The molecule has 0 aliphatic carbocycles. The molecular formula is C10H17NO. The Bertz CT molecular complexity index is 179. The van der Waals surface area contributed by atoms with Crippen LogP contribution in [0.3, 0.4) is 0 Å². The van der Waals surface area contributed by atoms with Crippen LogP contribution in [0.25, 0.3) is 0 Å². The molecule has 12 heavy (non-hydrogen) atoms. The summed E-state index contributed by atoms with van der Waals surface area (Å²) in [7, 11) is 0. The van der Waals surface area contributed by atoms with E-state index in [1.807, 2.05) is 20.8 Å². The first kappa shape index (κ1) is 11.2. The van der Waals surface area contributed by atoms with E-state index in [4.69, 9.17) is 5.26 Å². The normalized spacial score (nSPS) is 12.6. The second-order valence-electron chi connectivity index (χ2n) is 3.42. The standard InChI is InChI=1S/C10H17NO/c1-4-5-6-10(12)9(7-11)8(2)3/h8-9H,4-6H2,1-3H3. The topological polar surface area (TPSA) is 40.9 Å². The lowest BCUT2D eigenvalue weighted by Gasteiger charge is -2.10. The van der Waals surface area contributed by atoms with Gasteiger partial charge in [0.05, 0.1) is 6.07 Å². The fourth-order valence-corrected chi connectivity index (χ4v) is 1.10. The van der Waals surface area contributed by atoms with Crippen molar-refractivity contribution in [3.8, 4) is 6.07 Å². The number of hydrogen-bond donors (Lipinski definition) is 0. The van der Waals surface area contributed by atoms with Gasteiger partial charge in [-0.2, -0.15) is 5.26 Å². The summed E-state index contributed by atoms with van der Waals surface area (Å²) in [5.41, 5.74) is 0. The number of unbranched alkanes of at least 4 members (excludes halogenated alkanes) is 1. The Balaban J connectivity index is 3.97. The van der Waals surface area contributed by atoms with E-state index >= 15 is 0 Å². The van der Waals surface area contributed by atoms with Crippen molar-refractivity contribution in [3.63, 3.8) is 0 Å². The molecule has 68 valence electrons. The maximum atomic E-state index is 11.4. The van der Waals surface area contributed by atoms with Crippen LogP contribution in [-0.2, 0) is 4.79 Å². The van der Waals surface area contributed by atoms with Gasteiger partial charge >= 0.3 is 0 Å². The van der Waals surface area contributed by atoms with Gasteiger partial charge in [-0.25, -0.2) is 0 Å². The summed E-state index contributed by atoms with van der Waals surface area (Å²) in [5.74, 6) is -0.134. The van der Waals surface area contributed by atoms with Gasteiger partial charge in [0.15, 0.2) is 0 Å². The molecule has 0 bridgehead atoms. The Morgan fingerprint density at radius 2 is 2.08 bits per heavy atom. The van der Waals surface area contributed by atoms with E-state index in [1.54, 1.807) is 0 Å². The van der Waals surface area contributed by atoms with E-state index in [1.165, 1.54) is 0 Å². The van der Waals surface area contributed by atoms with Gasteiger partial charge in [-0.05, 0) is 12.3 Å². The van der Waals surface area contributed by atoms with Gasteiger partial charge in [0.2, 0.25) is 0 Å². The second kappa shape index (κ2) is 5.77. The highest BCUT2D eigenvalue weighted by atomic mass is 16.1. The zero-order valence-electron chi connectivity index (χ0n) is 8.13. The summed E-state index contributed by atoms with van der Waals surface area (Å²) >= 11 is 0. The largest absolute Gasteiger partial charge is 0.298 e. The van der Waals surface area contributed by atoms with E-state index in [9.17, 15) is 4.79 Å². The van der Waals surface area contributed by atoms with E-state index in [2.05, 4.69) is 6.07 Å². The van der Waals surface area contributed by atoms with Crippen molar-refractivity contribution in [2.24, 2.45) is 11.8 Å². The highest BCUT2D eigenvalue weighted by molar-refractivity contribution is 5.83. The molecule has 0 aromatic carbocycles. The number of nitrogens with zero attached hydrogens (tertiary/aromatic N) is 1. The number of nitriles is 1. The zero-order chi connectivity index (χ0) is 9.56. The minimum Gasteiger partial charge on any atom is -0.298 e. The molecule has 1 atom stereocenters. The molecular weight excluding hydrogens is 150 g/mol. The number of hydrogen-bond acceptors (Lipinski definition) is 2. The monoisotopic (exact) mass is 167 g/mol. The van der Waals surface area contributed by atoms with Crippen LogP contribution >= 0.6 is 0 Å². The Morgan fingerprint density at radius 3 is 2.42 bits per heavy atom. The van der Waals surface area contributed by atoms with Crippen molar-refractivity contribution >= 4 is 5.78 Å². The number of Topliss-reactive ketones (excluding diaryl/α,β-unsaturated/α-hetero) is 1. The van der Waals surface area contributed by atoms with E-state index in [0.29, 0.717) is 6.42 Å². The highest BCUT2D eigenvalue weighted by Crippen LogP contribution is 2.14. The van der Waals surface area contributed by atoms with Crippen molar-refractivity contribution in [2.45, 2.75) is 40.0 Å². The molecule has 0 heterocycles. The number of carbonyl (C=O) groups is 1. The molecule has 0 saturated heterocycles. The molecule has 2 nitrogen and oxygen atoms in total. The van der Waals surface area contributed by atoms with Crippen molar-refractivity contribution in [2.75, 3.05) is 0 Å². The molecule has 0 rings (SSSR count). The molecule has 0 aromatic heterocycles. The van der Waals surface area contributed by atoms with Gasteiger partial charge in [0.1, 0.15) is 11.7 Å². The minimum absolute atomic E-state index is 0.106. The van der Waals surface area contributed by atoms with Gasteiger partial charge < -0.3 is 0 Å². The minimum atomic E-state index is -0.392. The van der Waals surface area contributed by atoms with Crippen LogP contribution < -0.4 is 0 Å². The number of carbonyl (C=O) groups excluding carboxylic acids is 1. The predicted octanol–water partition coefficient (Wildman–Crippen LogP) is 2.54. The quantitative estimate of drug-likeness (QED) is 0.631. The Kier molecular flexibility index (Phi) is 5.36. The first-order valence-electron chi connectivity index (χ1n) is 4.55. The lowest BCUT2D eigenvalue weighted by molar-refractivity contribution is -0.122. The lowest BCUT2D eigenvalue weighted by atomic mass is 9.90. The summed E-state index contributed by atoms with van der Waals surface area (Å²) in [6.45, 7) is 5.87. The predicted molar refractivity (Wildman–Crippen MR) is 48.5 cm³/mol. The fraction of sp³-hybridized carbons (Fsp3) is 0.800. The van der Waals surface area contributed by atoms with Crippen LogP contribution in [-0.4, -0.2) is 5.78 Å². The summed E-state index contributed by atoms with van der Waals surface area (Å²) in [5, 5.41) is 8.70. The van der Waals surface area contributed by atoms with Crippen LogP contribution in [0, 0.1) is 23.2 Å². The average Bonchev–Trinajstić information content (AvgIpc) is 2.01. The zero-order valence-corrected chi connectivity index (χ0v) is 8.13. The Morgan fingerprint density at radius 1 is 1.50 bits per heavy atom. The first-order valence-corrected chi connectivity index (χ1v) is 4.55. The maximum absolute atomic E-state index is 11.4. The van der Waals surface area contributed by atoms with Crippen molar-refractivity contribution in [3.05, 3.63) is 0 Å². The molecule has 0 spiro atoms. The van der Waals surface area contributed by atoms with Crippen molar-refractivity contribution in [1.29, 1.82) is 5.26 Å². The van der Waals surface area contributed by atoms with Crippen LogP contribution in [0.1, 0.15) is 40.0 Å². The molecule has 0 fully saturated rings. The second-order valence-corrected chi connectivity index (χ2v) is 3.42. The molecule has 1 unspecified atom stereocenters. The SMILES string of the molecule is CCCCC(=O)C(C#N)C(C)C. The van der Waals surface area contributed by atoms with Crippen molar-refractivity contribution < 1.29 is 4.79 Å². The third-order valence-electron chi connectivity index (χ3n) is 1.93. The molecule has 0 amide bonds. The maximum Gasteiger partial charge on any atom is 0.150 e. The molecule has 0 N–H and O–H groups in total.